The minimum atomic E-state index is 0. The monoisotopic (exact) mass is 372 g/mol. The third-order valence-electron chi connectivity index (χ3n) is 4.80. The molecule has 0 spiro atoms. The third kappa shape index (κ3) is 6.00. The molecule has 114 valence electrons. The van der Waals surface area contributed by atoms with Crippen LogP contribution in [0.5, 0.6) is 0 Å². The average Bonchev–Trinajstić information content (AvgIpc) is 2.41. The van der Waals surface area contributed by atoms with Crippen molar-refractivity contribution in [2.75, 3.05) is 6.16 Å². The molecule has 2 fully saturated rings. The Bertz CT molecular complexity index is 240. The molecular weight excluding hydrogens is 342 g/mol. The van der Waals surface area contributed by atoms with E-state index in [2.05, 4.69) is 19.9 Å². The van der Waals surface area contributed by atoms with E-state index in [0.29, 0.717) is 7.92 Å². The molecule has 2 heteroatoms. The summed E-state index contributed by atoms with van der Waals surface area (Å²) in [5.41, 5.74) is 3.77. The molecule has 0 aromatic heterocycles. The molecule has 0 unspecified atom stereocenters. The predicted molar refractivity (Wildman–Crippen MR) is 85.0 cm³/mol. The zero-order valence-electron chi connectivity index (χ0n) is 12.8. The van der Waals surface area contributed by atoms with Crippen molar-refractivity contribution in [1.29, 1.82) is 0 Å². The topological polar surface area (TPSA) is 0 Å². The summed E-state index contributed by atoms with van der Waals surface area (Å²) in [4.78, 5) is 0. The van der Waals surface area contributed by atoms with Gasteiger partial charge in [0.1, 0.15) is 0 Å². The quantitative estimate of drug-likeness (QED) is 0.318. The molecule has 2 saturated carbocycles. The Morgan fingerprint density at radius 3 is 1.63 bits per heavy atom. The molecular formula is C17H31PPd. The van der Waals surface area contributed by atoms with Gasteiger partial charge >= 0.3 is 0 Å². The SMILES string of the molecule is CC(C)=CCP(C1CCCCC1)C1CCCCC1.[Pd]. The smallest absolute Gasteiger partial charge is 0 e. The van der Waals surface area contributed by atoms with E-state index >= 15 is 0 Å². The van der Waals surface area contributed by atoms with Crippen molar-refractivity contribution in [2.24, 2.45) is 0 Å². The molecule has 0 heterocycles. The van der Waals surface area contributed by atoms with Gasteiger partial charge in [0, 0.05) is 20.4 Å². The van der Waals surface area contributed by atoms with Crippen molar-refractivity contribution in [1.82, 2.24) is 0 Å². The summed E-state index contributed by atoms with van der Waals surface area (Å²) in [6.45, 7) is 4.55. The van der Waals surface area contributed by atoms with Gasteiger partial charge in [-0.3, -0.25) is 0 Å². The second kappa shape index (κ2) is 9.71. The molecule has 2 aliphatic carbocycles. The number of hydrogen-bond acceptors (Lipinski definition) is 0. The van der Waals surface area contributed by atoms with E-state index in [0.717, 1.165) is 11.3 Å². The standard InChI is InChI=1S/C17H31P.Pd/c1-15(2)13-14-18(16-9-5-3-6-10-16)17-11-7-4-8-12-17;/h13,16-17H,3-12,14H2,1-2H3;. The van der Waals surface area contributed by atoms with Gasteiger partial charge in [0.15, 0.2) is 0 Å². The van der Waals surface area contributed by atoms with Crippen LogP contribution in [-0.2, 0) is 20.4 Å². The first kappa shape index (κ1) is 17.9. The van der Waals surface area contributed by atoms with Crippen LogP contribution in [0.15, 0.2) is 11.6 Å². The van der Waals surface area contributed by atoms with Crippen molar-refractivity contribution < 1.29 is 20.4 Å². The molecule has 0 amide bonds. The van der Waals surface area contributed by atoms with Crippen LogP contribution in [0.1, 0.15) is 78.1 Å². The third-order valence-corrected chi connectivity index (χ3v) is 8.31. The van der Waals surface area contributed by atoms with Crippen molar-refractivity contribution in [2.45, 2.75) is 89.4 Å². The number of hydrogen-bond donors (Lipinski definition) is 0. The molecule has 2 aliphatic rings. The van der Waals surface area contributed by atoms with E-state index < -0.39 is 0 Å². The molecule has 0 aliphatic heterocycles. The fraction of sp³-hybridized carbons (Fsp3) is 0.882. The van der Waals surface area contributed by atoms with Crippen molar-refractivity contribution in [3.05, 3.63) is 11.6 Å². The fourth-order valence-corrected chi connectivity index (χ4v) is 7.54. The van der Waals surface area contributed by atoms with Gasteiger partial charge < -0.3 is 0 Å². The van der Waals surface area contributed by atoms with Gasteiger partial charge in [-0.05, 0) is 57.0 Å². The number of rotatable bonds is 4. The van der Waals surface area contributed by atoms with Crippen LogP contribution < -0.4 is 0 Å². The van der Waals surface area contributed by atoms with Gasteiger partial charge in [0.2, 0.25) is 0 Å². The van der Waals surface area contributed by atoms with Crippen LogP contribution in [0.2, 0.25) is 0 Å². The Labute approximate surface area is 135 Å². The minimum absolute atomic E-state index is 0. The van der Waals surface area contributed by atoms with Crippen molar-refractivity contribution in [3.63, 3.8) is 0 Å². The summed E-state index contributed by atoms with van der Waals surface area (Å²) < 4.78 is 0. The molecule has 0 aromatic rings. The van der Waals surface area contributed by atoms with E-state index in [-0.39, 0.29) is 20.4 Å². The molecule has 19 heavy (non-hydrogen) atoms. The second-order valence-electron chi connectivity index (χ2n) is 6.56. The second-order valence-corrected chi connectivity index (χ2v) is 9.42. The molecule has 0 atom stereocenters. The zero-order chi connectivity index (χ0) is 12.8. The minimum Gasteiger partial charge on any atom is -0.0965 e. The summed E-state index contributed by atoms with van der Waals surface area (Å²) in [5, 5.41) is 0. The Kier molecular flexibility index (Phi) is 9.14. The molecule has 0 radical (unpaired) electrons. The van der Waals surface area contributed by atoms with Gasteiger partial charge in [0.25, 0.3) is 0 Å². The van der Waals surface area contributed by atoms with E-state index in [1.165, 1.54) is 50.3 Å². The zero-order valence-corrected chi connectivity index (χ0v) is 15.2. The van der Waals surface area contributed by atoms with E-state index in [4.69, 9.17) is 0 Å². The molecule has 0 aromatic carbocycles. The normalized spacial score (nSPS) is 22.1. The van der Waals surface area contributed by atoms with Gasteiger partial charge in [-0.2, -0.15) is 0 Å². The largest absolute Gasteiger partial charge is 0.0965 e. The van der Waals surface area contributed by atoms with Crippen LogP contribution in [0.4, 0.5) is 0 Å². The predicted octanol–water partition coefficient (Wildman–Crippen LogP) is 6.10. The first-order valence-electron chi connectivity index (χ1n) is 8.16. The van der Waals surface area contributed by atoms with Crippen LogP contribution in [-0.4, -0.2) is 17.5 Å². The maximum Gasteiger partial charge on any atom is 0 e. The summed E-state index contributed by atoms with van der Waals surface area (Å²) >= 11 is 0. The van der Waals surface area contributed by atoms with E-state index in [1.54, 1.807) is 25.7 Å². The van der Waals surface area contributed by atoms with E-state index in [9.17, 15) is 0 Å². The molecule has 0 saturated heterocycles. The molecule has 0 N–H and O–H groups in total. The average molecular weight is 373 g/mol. The van der Waals surface area contributed by atoms with Crippen LogP contribution in [0.3, 0.4) is 0 Å². The van der Waals surface area contributed by atoms with E-state index in [1.807, 2.05) is 0 Å². The summed E-state index contributed by atoms with van der Waals surface area (Å²) in [5.74, 6) is 0. The molecule has 0 bridgehead atoms. The maximum absolute atomic E-state index is 2.55. The van der Waals surface area contributed by atoms with Gasteiger partial charge in [-0.15, -0.1) is 0 Å². The molecule has 2 rings (SSSR count). The Morgan fingerprint density at radius 2 is 1.26 bits per heavy atom. The van der Waals surface area contributed by atoms with Gasteiger partial charge in [-0.25, -0.2) is 0 Å². The van der Waals surface area contributed by atoms with Crippen LogP contribution in [0.25, 0.3) is 0 Å². The summed E-state index contributed by atoms with van der Waals surface area (Å²) in [6.07, 6.45) is 19.3. The fourth-order valence-electron chi connectivity index (χ4n) is 3.71. The first-order chi connectivity index (χ1) is 8.77. The Balaban J connectivity index is 0.00000180. The maximum atomic E-state index is 2.55. The summed E-state index contributed by atoms with van der Waals surface area (Å²) in [7, 11) is 0.294. The Hall–Kier alpha value is 0.832. The van der Waals surface area contributed by atoms with Crippen molar-refractivity contribution in [3.8, 4) is 0 Å². The van der Waals surface area contributed by atoms with Crippen LogP contribution in [0, 0.1) is 0 Å². The van der Waals surface area contributed by atoms with Gasteiger partial charge in [0.05, 0.1) is 0 Å². The summed E-state index contributed by atoms with van der Waals surface area (Å²) in [6, 6.07) is 0. The first-order valence-corrected chi connectivity index (χ1v) is 9.83. The van der Waals surface area contributed by atoms with Crippen LogP contribution >= 0.6 is 7.92 Å². The number of allylic oxidation sites excluding steroid dienone is 2. The van der Waals surface area contributed by atoms with Gasteiger partial charge in [-0.1, -0.05) is 58.1 Å². The van der Waals surface area contributed by atoms with Crippen molar-refractivity contribution >= 4 is 7.92 Å². The molecule has 0 nitrogen and oxygen atoms in total. The Morgan fingerprint density at radius 1 is 0.842 bits per heavy atom.